The van der Waals surface area contributed by atoms with Gasteiger partial charge in [0.15, 0.2) is 0 Å². The van der Waals surface area contributed by atoms with Crippen molar-refractivity contribution in [1.29, 1.82) is 0 Å². The second-order valence-corrected chi connectivity index (χ2v) is 4.13. The van der Waals surface area contributed by atoms with Crippen molar-refractivity contribution in [3.05, 3.63) is 11.9 Å². The van der Waals surface area contributed by atoms with Crippen LogP contribution >= 0.6 is 0 Å². The number of halogens is 3. The van der Waals surface area contributed by atoms with Crippen LogP contribution in [0.5, 0.6) is 0 Å². The highest BCUT2D eigenvalue weighted by atomic mass is 19.4. The van der Waals surface area contributed by atoms with E-state index >= 15 is 0 Å². The molecule has 8 heteroatoms. The van der Waals surface area contributed by atoms with E-state index in [-0.39, 0.29) is 6.42 Å². The fraction of sp³-hybridized carbons (Fsp3) is 0.600. The molecule has 2 atom stereocenters. The SMILES string of the molecule is COC(=O)C1Cc2c(cnn2C)NC1C(F)(F)F. The molecule has 0 spiro atoms. The predicted octanol–water partition coefficient (Wildman–Crippen LogP) is 1.11. The van der Waals surface area contributed by atoms with E-state index < -0.39 is 24.1 Å². The molecule has 5 nitrogen and oxygen atoms in total. The minimum atomic E-state index is -4.52. The number of fused-ring (bicyclic) bond motifs is 1. The van der Waals surface area contributed by atoms with Gasteiger partial charge in [-0.15, -0.1) is 0 Å². The Kier molecular flexibility index (Phi) is 2.95. The van der Waals surface area contributed by atoms with Gasteiger partial charge in [-0.2, -0.15) is 18.3 Å². The fourth-order valence-corrected chi connectivity index (χ4v) is 2.10. The number of hydrogen-bond donors (Lipinski definition) is 1. The van der Waals surface area contributed by atoms with Gasteiger partial charge in [0.25, 0.3) is 0 Å². The standard InChI is InChI=1S/C10H12F3N3O2/c1-16-7-3-5(9(17)18-2)8(10(11,12)13)15-6(7)4-14-16/h4-5,8,15H,3H2,1-2H3. The Morgan fingerprint density at radius 1 is 1.61 bits per heavy atom. The smallest absolute Gasteiger partial charge is 0.409 e. The van der Waals surface area contributed by atoms with Crippen molar-refractivity contribution in [2.24, 2.45) is 13.0 Å². The van der Waals surface area contributed by atoms with E-state index in [4.69, 9.17) is 0 Å². The zero-order valence-electron chi connectivity index (χ0n) is 9.78. The quantitative estimate of drug-likeness (QED) is 0.771. The van der Waals surface area contributed by atoms with Crippen molar-refractivity contribution in [3.8, 4) is 0 Å². The number of anilines is 1. The van der Waals surface area contributed by atoms with E-state index in [0.717, 1.165) is 7.11 Å². The van der Waals surface area contributed by atoms with Gasteiger partial charge in [0.1, 0.15) is 6.04 Å². The Labute approximate surface area is 101 Å². The van der Waals surface area contributed by atoms with Crippen LogP contribution in [0.3, 0.4) is 0 Å². The summed E-state index contributed by atoms with van der Waals surface area (Å²) in [6.45, 7) is 0. The van der Waals surface area contributed by atoms with Gasteiger partial charge >= 0.3 is 12.1 Å². The highest BCUT2D eigenvalue weighted by molar-refractivity contribution is 5.76. The van der Waals surface area contributed by atoms with Crippen LogP contribution in [-0.2, 0) is 23.0 Å². The van der Waals surface area contributed by atoms with Crippen LogP contribution < -0.4 is 5.32 Å². The van der Waals surface area contributed by atoms with E-state index in [1.54, 1.807) is 7.05 Å². The number of aromatic nitrogens is 2. The number of aryl methyl sites for hydroxylation is 1. The summed E-state index contributed by atoms with van der Waals surface area (Å²) in [6, 6.07) is -1.94. The van der Waals surface area contributed by atoms with E-state index in [2.05, 4.69) is 15.2 Å². The van der Waals surface area contributed by atoms with Gasteiger partial charge in [0.2, 0.25) is 0 Å². The van der Waals surface area contributed by atoms with Crippen LogP contribution in [0.25, 0.3) is 0 Å². The molecule has 0 aromatic carbocycles. The number of nitrogens with one attached hydrogen (secondary N) is 1. The highest BCUT2D eigenvalue weighted by Crippen LogP contribution is 2.36. The Hall–Kier alpha value is -1.73. The Morgan fingerprint density at radius 2 is 2.28 bits per heavy atom. The molecule has 2 heterocycles. The normalized spacial score (nSPS) is 23.2. The van der Waals surface area contributed by atoms with Gasteiger partial charge < -0.3 is 10.1 Å². The number of alkyl halides is 3. The van der Waals surface area contributed by atoms with Gasteiger partial charge in [-0.05, 0) is 0 Å². The molecule has 0 aliphatic carbocycles. The number of methoxy groups -OCH3 is 1. The molecule has 1 aromatic rings. The lowest BCUT2D eigenvalue weighted by Crippen LogP contribution is -2.49. The molecule has 0 bridgehead atoms. The van der Waals surface area contributed by atoms with Crippen molar-refractivity contribution < 1.29 is 22.7 Å². The molecule has 2 unspecified atom stereocenters. The summed E-state index contributed by atoms with van der Waals surface area (Å²) >= 11 is 0. The summed E-state index contributed by atoms with van der Waals surface area (Å²) < 4.78 is 44.6. The Balaban J connectivity index is 2.38. The third-order valence-electron chi connectivity index (χ3n) is 3.04. The van der Waals surface area contributed by atoms with Gasteiger partial charge in [0.05, 0.1) is 30.6 Å². The number of rotatable bonds is 1. The number of carbonyl (C=O) groups is 1. The number of carbonyl (C=O) groups excluding carboxylic acids is 1. The van der Waals surface area contributed by atoms with Crippen LogP contribution in [0.2, 0.25) is 0 Å². The summed E-state index contributed by atoms with van der Waals surface area (Å²) in [4.78, 5) is 11.5. The minimum absolute atomic E-state index is 0.0459. The van der Waals surface area contributed by atoms with Gasteiger partial charge in [0, 0.05) is 13.5 Å². The number of nitrogens with zero attached hydrogens (tertiary/aromatic N) is 2. The monoisotopic (exact) mass is 263 g/mol. The third-order valence-corrected chi connectivity index (χ3v) is 3.04. The van der Waals surface area contributed by atoms with Crippen LogP contribution in [0.4, 0.5) is 18.9 Å². The van der Waals surface area contributed by atoms with Gasteiger partial charge in [-0.3, -0.25) is 9.48 Å². The predicted molar refractivity (Wildman–Crippen MR) is 55.9 cm³/mol. The average molecular weight is 263 g/mol. The lowest BCUT2D eigenvalue weighted by atomic mass is 9.90. The van der Waals surface area contributed by atoms with Crippen molar-refractivity contribution >= 4 is 11.7 Å². The molecule has 0 saturated carbocycles. The topological polar surface area (TPSA) is 56.1 Å². The van der Waals surface area contributed by atoms with Crippen molar-refractivity contribution in [3.63, 3.8) is 0 Å². The van der Waals surface area contributed by atoms with E-state index in [1.165, 1.54) is 10.9 Å². The first-order valence-corrected chi connectivity index (χ1v) is 5.26. The molecule has 1 aromatic heterocycles. The summed E-state index contributed by atoms with van der Waals surface area (Å²) in [5.74, 6) is -2.17. The average Bonchev–Trinajstić information content (AvgIpc) is 2.67. The maximum atomic E-state index is 12.9. The molecule has 0 saturated heterocycles. The minimum Gasteiger partial charge on any atom is -0.469 e. The zero-order chi connectivity index (χ0) is 13.5. The molecule has 0 amide bonds. The van der Waals surface area contributed by atoms with Crippen molar-refractivity contribution in [2.75, 3.05) is 12.4 Å². The molecule has 18 heavy (non-hydrogen) atoms. The highest BCUT2D eigenvalue weighted by Gasteiger charge is 2.50. The molecular weight excluding hydrogens is 251 g/mol. The second-order valence-electron chi connectivity index (χ2n) is 4.13. The van der Waals surface area contributed by atoms with Crippen molar-refractivity contribution in [2.45, 2.75) is 18.6 Å². The number of esters is 1. The summed E-state index contributed by atoms with van der Waals surface area (Å²) in [7, 11) is 2.69. The Morgan fingerprint density at radius 3 is 2.83 bits per heavy atom. The molecule has 1 aliphatic rings. The lowest BCUT2D eigenvalue weighted by Gasteiger charge is -2.32. The largest absolute Gasteiger partial charge is 0.469 e. The zero-order valence-corrected chi connectivity index (χ0v) is 9.78. The molecule has 1 aliphatic heterocycles. The summed E-state index contributed by atoms with van der Waals surface area (Å²) in [5.41, 5.74) is 0.867. The molecule has 1 N–H and O–H groups in total. The van der Waals surface area contributed by atoms with E-state index in [0.29, 0.717) is 11.4 Å². The first-order chi connectivity index (χ1) is 8.34. The van der Waals surface area contributed by atoms with Crippen molar-refractivity contribution in [1.82, 2.24) is 9.78 Å². The first kappa shape index (κ1) is 12.7. The molecule has 2 rings (SSSR count). The molecule has 0 fully saturated rings. The van der Waals surface area contributed by atoms with E-state index in [9.17, 15) is 18.0 Å². The maximum absolute atomic E-state index is 12.9. The van der Waals surface area contributed by atoms with Crippen LogP contribution in [0.15, 0.2) is 6.20 Å². The number of hydrogen-bond acceptors (Lipinski definition) is 4. The Bertz CT molecular complexity index is 469. The second kappa shape index (κ2) is 4.18. The molecular formula is C10H12F3N3O2. The van der Waals surface area contributed by atoms with Crippen LogP contribution in [-0.4, -0.2) is 35.1 Å². The fourth-order valence-electron chi connectivity index (χ4n) is 2.10. The third kappa shape index (κ3) is 2.02. The maximum Gasteiger partial charge on any atom is 0.409 e. The summed E-state index contributed by atoms with van der Waals surface area (Å²) in [5, 5.41) is 6.18. The lowest BCUT2D eigenvalue weighted by molar-refractivity contribution is -0.171. The first-order valence-electron chi connectivity index (χ1n) is 5.26. The molecule has 100 valence electrons. The van der Waals surface area contributed by atoms with Crippen LogP contribution in [0, 0.1) is 5.92 Å². The number of ether oxygens (including phenoxy) is 1. The van der Waals surface area contributed by atoms with Crippen LogP contribution in [0.1, 0.15) is 5.69 Å². The van der Waals surface area contributed by atoms with E-state index in [1.807, 2.05) is 0 Å². The van der Waals surface area contributed by atoms with Gasteiger partial charge in [-0.25, -0.2) is 0 Å². The van der Waals surface area contributed by atoms with Gasteiger partial charge in [-0.1, -0.05) is 0 Å². The summed E-state index contributed by atoms with van der Waals surface area (Å²) in [6.07, 6.45) is -3.25. The molecule has 0 radical (unpaired) electrons.